The Morgan fingerprint density at radius 2 is 1.47 bits per heavy atom. The molecule has 1 aliphatic rings. The minimum atomic E-state index is -4.51. The Balaban J connectivity index is 1.02. The van der Waals surface area contributed by atoms with E-state index in [4.69, 9.17) is 9.47 Å². The summed E-state index contributed by atoms with van der Waals surface area (Å²) in [6, 6.07) is 17.3. The fourth-order valence-corrected chi connectivity index (χ4v) is 5.52. The van der Waals surface area contributed by atoms with E-state index in [1.54, 1.807) is 52.9 Å². The van der Waals surface area contributed by atoms with Crippen molar-refractivity contribution in [3.63, 3.8) is 0 Å². The van der Waals surface area contributed by atoms with Gasteiger partial charge in [-0.15, -0.1) is 0 Å². The molecule has 0 spiro atoms. The van der Waals surface area contributed by atoms with Gasteiger partial charge in [-0.25, -0.2) is 9.97 Å². The van der Waals surface area contributed by atoms with Crippen LogP contribution >= 0.6 is 0 Å². The number of carbonyl (C=O) groups excluding carboxylic acids is 2. The zero-order valence-corrected chi connectivity index (χ0v) is 27.0. The van der Waals surface area contributed by atoms with E-state index in [-0.39, 0.29) is 28.9 Å². The third-order valence-electron chi connectivity index (χ3n) is 8.20. The monoisotopic (exact) mass is 712 g/mol. The molecule has 1 saturated heterocycles. The molecule has 1 aliphatic heterocycles. The van der Waals surface area contributed by atoms with E-state index in [1.165, 1.54) is 24.5 Å². The number of alkyl halides is 6. The predicted molar refractivity (Wildman–Crippen MR) is 174 cm³/mol. The van der Waals surface area contributed by atoms with Gasteiger partial charge >= 0.3 is 18.4 Å². The number of anilines is 1. The number of benzene rings is 3. The highest BCUT2D eigenvalue weighted by atomic mass is 19.4. The lowest BCUT2D eigenvalue weighted by Crippen LogP contribution is -2.48. The van der Waals surface area contributed by atoms with Gasteiger partial charge in [-0.05, 0) is 60.2 Å². The third-order valence-corrected chi connectivity index (χ3v) is 8.20. The number of fused-ring (bicyclic) bond motifs is 1. The summed E-state index contributed by atoms with van der Waals surface area (Å²) in [4.78, 5) is 38.1. The highest BCUT2D eigenvalue weighted by molar-refractivity contribution is 6.04. The van der Waals surface area contributed by atoms with Gasteiger partial charge in [0.15, 0.2) is 6.61 Å². The minimum absolute atomic E-state index is 0.0176. The fraction of sp³-hybridized carbons (Fsp3) is 0.257. The first-order valence-electron chi connectivity index (χ1n) is 15.6. The normalized spacial score (nSPS) is 14.1. The summed E-state index contributed by atoms with van der Waals surface area (Å²) in [5.74, 6) is -0.210. The number of ether oxygens (including phenoxy) is 2. The van der Waals surface area contributed by atoms with E-state index >= 15 is 0 Å². The Morgan fingerprint density at radius 1 is 0.824 bits per heavy atom. The molecule has 0 aliphatic carbocycles. The molecule has 266 valence electrons. The zero-order valence-electron chi connectivity index (χ0n) is 27.0. The Labute approximate surface area is 287 Å². The highest BCUT2D eigenvalue weighted by Gasteiger charge is 2.31. The van der Waals surface area contributed by atoms with Crippen LogP contribution in [0, 0.1) is 0 Å². The molecule has 1 fully saturated rings. The van der Waals surface area contributed by atoms with Gasteiger partial charge in [0.05, 0.1) is 29.2 Å². The molecule has 51 heavy (non-hydrogen) atoms. The molecular formula is C35H30F6N6O4. The first kappa shape index (κ1) is 35.2. The maximum Gasteiger partial charge on any atom is 0.422 e. The van der Waals surface area contributed by atoms with Crippen LogP contribution in [0.15, 0.2) is 85.2 Å². The molecule has 1 N–H and O–H groups in total. The summed E-state index contributed by atoms with van der Waals surface area (Å²) in [5, 5.41) is 3.34. The lowest BCUT2D eigenvalue weighted by atomic mass is 10.1. The summed E-state index contributed by atoms with van der Waals surface area (Å²) >= 11 is 0. The van der Waals surface area contributed by atoms with Crippen molar-refractivity contribution >= 4 is 28.4 Å². The van der Waals surface area contributed by atoms with E-state index in [0.29, 0.717) is 44.2 Å². The number of nitrogens with one attached hydrogen (secondary N) is 1. The van der Waals surface area contributed by atoms with Crippen LogP contribution in [-0.4, -0.2) is 75.1 Å². The second-order valence-corrected chi connectivity index (χ2v) is 11.8. The molecule has 10 nitrogen and oxygen atoms in total. The number of halogens is 6. The number of rotatable bonds is 9. The summed E-state index contributed by atoms with van der Waals surface area (Å²) in [5.41, 5.74) is 1.53. The zero-order chi connectivity index (χ0) is 36.3. The molecule has 3 aromatic carbocycles. The van der Waals surface area contributed by atoms with Gasteiger partial charge in [-0.2, -0.15) is 26.3 Å². The Hall–Kier alpha value is -5.64. The SMILES string of the molecule is Cn1c(C(=O)N2CCN(Cc3ccc(OCC(F)(F)F)cc3)CC2)cc2ccc(Oc3ncc(NC(=O)c4ccc(C(F)(F)F)cc4)cn3)cc21. The highest BCUT2D eigenvalue weighted by Crippen LogP contribution is 2.30. The molecule has 5 aromatic rings. The average molecular weight is 713 g/mol. The van der Waals surface area contributed by atoms with Crippen LogP contribution in [0.3, 0.4) is 0 Å². The molecule has 3 heterocycles. The van der Waals surface area contributed by atoms with Gasteiger partial charge in [0.2, 0.25) is 0 Å². The first-order valence-corrected chi connectivity index (χ1v) is 15.6. The maximum atomic E-state index is 13.5. The van der Waals surface area contributed by atoms with Crippen molar-refractivity contribution in [1.29, 1.82) is 0 Å². The van der Waals surface area contributed by atoms with E-state index < -0.39 is 30.4 Å². The lowest BCUT2D eigenvalue weighted by molar-refractivity contribution is -0.153. The maximum absolute atomic E-state index is 13.5. The van der Waals surface area contributed by atoms with Gasteiger partial charge in [0.25, 0.3) is 11.8 Å². The van der Waals surface area contributed by atoms with Gasteiger partial charge in [0, 0.05) is 56.8 Å². The van der Waals surface area contributed by atoms with Crippen molar-refractivity contribution in [3.8, 4) is 17.5 Å². The molecule has 0 bridgehead atoms. The number of aromatic nitrogens is 3. The molecule has 0 unspecified atom stereocenters. The quantitative estimate of drug-likeness (QED) is 0.166. The van der Waals surface area contributed by atoms with Crippen molar-refractivity contribution in [2.75, 3.05) is 38.1 Å². The largest absolute Gasteiger partial charge is 0.484 e. The number of aryl methyl sites for hydroxylation is 1. The first-order chi connectivity index (χ1) is 24.2. The Kier molecular flexibility index (Phi) is 9.87. The van der Waals surface area contributed by atoms with Crippen molar-refractivity contribution in [2.45, 2.75) is 18.9 Å². The van der Waals surface area contributed by atoms with Gasteiger partial charge in [0.1, 0.15) is 17.2 Å². The van der Waals surface area contributed by atoms with Crippen LogP contribution in [0.5, 0.6) is 17.5 Å². The Bertz CT molecular complexity index is 2010. The summed E-state index contributed by atoms with van der Waals surface area (Å²) in [6.45, 7) is 1.49. The van der Waals surface area contributed by atoms with Crippen LogP contribution in [-0.2, 0) is 19.8 Å². The van der Waals surface area contributed by atoms with Crippen LogP contribution in [0.25, 0.3) is 10.9 Å². The smallest absolute Gasteiger partial charge is 0.422 e. The molecule has 0 saturated carbocycles. The van der Waals surface area contributed by atoms with Gasteiger partial charge in [-0.1, -0.05) is 12.1 Å². The summed E-state index contributed by atoms with van der Waals surface area (Å²) in [7, 11) is 1.78. The minimum Gasteiger partial charge on any atom is -0.484 e. The van der Waals surface area contributed by atoms with E-state index in [9.17, 15) is 35.9 Å². The van der Waals surface area contributed by atoms with Crippen LogP contribution < -0.4 is 14.8 Å². The van der Waals surface area contributed by atoms with Crippen LogP contribution in [0.4, 0.5) is 32.0 Å². The van der Waals surface area contributed by atoms with Gasteiger partial charge in [-0.3, -0.25) is 14.5 Å². The molecular weight excluding hydrogens is 682 g/mol. The fourth-order valence-electron chi connectivity index (χ4n) is 5.52. The lowest BCUT2D eigenvalue weighted by Gasteiger charge is -2.34. The molecule has 2 amide bonds. The molecule has 0 atom stereocenters. The van der Waals surface area contributed by atoms with E-state index in [1.807, 2.05) is 0 Å². The van der Waals surface area contributed by atoms with Crippen LogP contribution in [0.1, 0.15) is 32.0 Å². The molecule has 6 rings (SSSR count). The number of hydrogen-bond acceptors (Lipinski definition) is 7. The van der Waals surface area contributed by atoms with Crippen LogP contribution in [0.2, 0.25) is 0 Å². The standard InChI is InChI=1S/C35H30F6N6O4/c1-45-29-17-28(51-33-42-18-26(19-43-33)44-31(48)23-4-7-25(8-5-23)35(39,40)41)11-6-24(29)16-30(45)32(49)47-14-12-46(13-15-47)20-22-2-9-27(10-3-22)50-21-34(36,37)38/h2-11,16-19H,12-15,20-21H2,1H3,(H,44,48). The van der Waals surface area contributed by atoms with Crippen molar-refractivity contribution in [1.82, 2.24) is 24.3 Å². The Morgan fingerprint density at radius 3 is 2.10 bits per heavy atom. The summed E-state index contributed by atoms with van der Waals surface area (Å²) in [6.07, 6.45) is -6.31. The van der Waals surface area contributed by atoms with E-state index in [0.717, 1.165) is 40.7 Å². The topological polar surface area (TPSA) is 102 Å². The average Bonchev–Trinajstić information content (AvgIpc) is 3.43. The second kappa shape index (κ2) is 14.3. The molecule has 2 aromatic heterocycles. The van der Waals surface area contributed by atoms with Gasteiger partial charge < -0.3 is 24.3 Å². The molecule has 0 radical (unpaired) electrons. The number of nitrogens with zero attached hydrogens (tertiary/aromatic N) is 5. The van der Waals surface area contributed by atoms with E-state index in [2.05, 4.69) is 20.2 Å². The van der Waals surface area contributed by atoms with Crippen molar-refractivity contribution in [2.24, 2.45) is 7.05 Å². The summed E-state index contributed by atoms with van der Waals surface area (Å²) < 4.78 is 87.9. The second-order valence-electron chi connectivity index (χ2n) is 11.8. The van der Waals surface area contributed by atoms with Crippen molar-refractivity contribution < 1.29 is 45.4 Å². The third kappa shape index (κ3) is 8.75. The molecule has 16 heteroatoms. The number of amides is 2. The predicted octanol–water partition coefficient (Wildman–Crippen LogP) is 6.93. The number of piperazine rings is 1. The number of hydrogen-bond donors (Lipinski definition) is 1. The van der Waals surface area contributed by atoms with Crippen molar-refractivity contribution in [3.05, 3.63) is 108 Å². The number of carbonyl (C=O) groups is 2.